The Bertz CT molecular complexity index is 655. The lowest BCUT2D eigenvalue weighted by molar-refractivity contribution is 0.101. The Morgan fingerprint density at radius 3 is 3.00 bits per heavy atom. The van der Waals surface area contributed by atoms with Crippen molar-refractivity contribution in [1.82, 2.24) is 19.6 Å². The lowest BCUT2D eigenvalue weighted by Gasteiger charge is -2.23. The van der Waals surface area contributed by atoms with Crippen LogP contribution in [0.3, 0.4) is 0 Å². The number of nitrogens with zero attached hydrogens (tertiary/aromatic N) is 2. The summed E-state index contributed by atoms with van der Waals surface area (Å²) in [5.41, 5.74) is 1.67. The topological polar surface area (TPSA) is 105 Å². The number of rotatable bonds is 2. The van der Waals surface area contributed by atoms with E-state index in [0.29, 0.717) is 17.5 Å². The maximum Gasteiger partial charge on any atom is 0.275 e. The van der Waals surface area contributed by atoms with Gasteiger partial charge in [-0.25, -0.2) is 4.98 Å². The summed E-state index contributed by atoms with van der Waals surface area (Å²) in [7, 11) is 2.53. The molecule has 0 radical (unpaired) electrons. The Balaban J connectivity index is 2.06. The molecule has 0 aliphatic carbocycles. The van der Waals surface area contributed by atoms with Crippen LogP contribution in [-0.2, 0) is 0 Å². The van der Waals surface area contributed by atoms with Crippen molar-refractivity contribution in [2.45, 2.75) is 24.6 Å². The number of aliphatic hydroxyl groups is 2. The van der Waals surface area contributed by atoms with E-state index < -0.39 is 6.10 Å². The lowest BCUT2D eigenvalue weighted by Crippen LogP contribution is -2.32. The van der Waals surface area contributed by atoms with Crippen molar-refractivity contribution in [1.29, 1.82) is 0 Å². The van der Waals surface area contributed by atoms with Gasteiger partial charge >= 0.3 is 0 Å². The maximum atomic E-state index is 11.6. The van der Waals surface area contributed by atoms with Gasteiger partial charge in [-0.05, 0) is 6.42 Å². The Morgan fingerprint density at radius 2 is 2.32 bits per heavy atom. The third-order valence-corrected chi connectivity index (χ3v) is 4.44. The van der Waals surface area contributed by atoms with Crippen LogP contribution < -0.4 is 5.56 Å². The SMILES string of the molecule is O=c1[nH]cnc2c([C@H]3C[C@H](O)[C@@H](CO)N3P)c[nH]c12. The first-order valence-corrected chi connectivity index (χ1v) is 6.51. The molecule has 0 spiro atoms. The smallest absolute Gasteiger partial charge is 0.275 e. The van der Waals surface area contributed by atoms with E-state index in [2.05, 4.69) is 24.3 Å². The summed E-state index contributed by atoms with van der Waals surface area (Å²) in [6, 6.07) is -0.415. The predicted octanol–water partition coefficient (Wildman–Crippen LogP) is -0.490. The summed E-state index contributed by atoms with van der Waals surface area (Å²) < 4.78 is 1.84. The zero-order chi connectivity index (χ0) is 13.6. The van der Waals surface area contributed by atoms with Crippen LogP contribution in [0.1, 0.15) is 18.0 Å². The molecule has 1 fully saturated rings. The molecule has 2 aromatic rings. The molecule has 1 unspecified atom stereocenters. The van der Waals surface area contributed by atoms with Crippen LogP contribution in [-0.4, -0.2) is 48.6 Å². The van der Waals surface area contributed by atoms with E-state index in [0.717, 1.165) is 5.56 Å². The molecule has 0 bridgehead atoms. The van der Waals surface area contributed by atoms with Gasteiger partial charge in [0, 0.05) is 17.8 Å². The van der Waals surface area contributed by atoms with E-state index in [1.165, 1.54) is 6.33 Å². The van der Waals surface area contributed by atoms with Gasteiger partial charge in [-0.15, -0.1) is 0 Å². The minimum absolute atomic E-state index is 0.0970. The molecule has 4 N–H and O–H groups in total. The van der Waals surface area contributed by atoms with Gasteiger partial charge in [0.15, 0.2) is 0 Å². The summed E-state index contributed by atoms with van der Waals surface area (Å²) in [6.45, 7) is -0.114. The normalized spacial score (nSPS) is 28.3. The highest BCUT2D eigenvalue weighted by Crippen LogP contribution is 2.40. The van der Waals surface area contributed by atoms with Crippen LogP contribution >= 0.6 is 9.39 Å². The van der Waals surface area contributed by atoms with Crippen LogP contribution in [0.5, 0.6) is 0 Å². The van der Waals surface area contributed by atoms with E-state index in [9.17, 15) is 15.0 Å². The average Bonchev–Trinajstić information content (AvgIpc) is 2.92. The molecule has 0 aromatic carbocycles. The van der Waals surface area contributed by atoms with E-state index in [1.54, 1.807) is 6.20 Å². The van der Waals surface area contributed by atoms with Crippen LogP contribution in [0.4, 0.5) is 0 Å². The Labute approximate surface area is 110 Å². The van der Waals surface area contributed by atoms with Crippen LogP contribution in [0.15, 0.2) is 17.3 Å². The van der Waals surface area contributed by atoms with E-state index in [4.69, 9.17) is 0 Å². The fourth-order valence-electron chi connectivity index (χ4n) is 2.67. The number of hydrogen-bond acceptors (Lipinski definition) is 5. The van der Waals surface area contributed by atoms with Gasteiger partial charge in [0.1, 0.15) is 11.0 Å². The molecule has 4 atom stereocenters. The summed E-state index contributed by atoms with van der Waals surface area (Å²) >= 11 is 0. The molecule has 2 aromatic heterocycles. The number of hydrogen-bond donors (Lipinski definition) is 4. The fraction of sp³-hybridized carbons (Fsp3) is 0.455. The fourth-order valence-corrected chi connectivity index (χ4v) is 3.24. The van der Waals surface area contributed by atoms with Crippen molar-refractivity contribution in [3.63, 3.8) is 0 Å². The molecule has 7 nitrogen and oxygen atoms in total. The van der Waals surface area contributed by atoms with Gasteiger partial charge in [-0.2, -0.15) is 0 Å². The summed E-state index contributed by atoms with van der Waals surface area (Å²) in [4.78, 5) is 21.3. The van der Waals surface area contributed by atoms with E-state index in [1.807, 2.05) is 4.67 Å². The van der Waals surface area contributed by atoms with Crippen molar-refractivity contribution in [3.05, 3.63) is 28.4 Å². The van der Waals surface area contributed by atoms with Crippen molar-refractivity contribution in [2.24, 2.45) is 0 Å². The molecule has 1 aliphatic rings. The zero-order valence-corrected chi connectivity index (χ0v) is 11.2. The number of nitrogens with one attached hydrogen (secondary N) is 2. The van der Waals surface area contributed by atoms with Gasteiger partial charge < -0.3 is 20.2 Å². The van der Waals surface area contributed by atoms with Gasteiger partial charge in [0.25, 0.3) is 5.56 Å². The lowest BCUT2D eigenvalue weighted by atomic mass is 10.1. The zero-order valence-electron chi connectivity index (χ0n) is 10.1. The van der Waals surface area contributed by atoms with Crippen LogP contribution in [0, 0.1) is 0 Å². The van der Waals surface area contributed by atoms with E-state index >= 15 is 0 Å². The Morgan fingerprint density at radius 1 is 1.53 bits per heavy atom. The summed E-state index contributed by atoms with van der Waals surface area (Å²) in [6.07, 6.45) is 3.00. The van der Waals surface area contributed by atoms with Gasteiger partial charge in [-0.1, -0.05) is 9.39 Å². The highest BCUT2D eigenvalue weighted by Gasteiger charge is 2.39. The second-order valence-corrected chi connectivity index (χ2v) is 5.31. The predicted molar refractivity (Wildman–Crippen MR) is 72.5 cm³/mol. The van der Waals surface area contributed by atoms with E-state index in [-0.39, 0.29) is 24.2 Å². The maximum absolute atomic E-state index is 11.6. The molecular weight excluding hydrogens is 267 g/mol. The standard InChI is InChI=1S/C11H15N4O3P/c16-3-7-8(17)1-6(15(7)19)5-2-12-10-9(5)13-4-14-11(10)18/h2,4,6-8,12,16-17H,1,3,19H2,(H,13,14,18)/t6-,7-,8+/m1/s1. The minimum Gasteiger partial charge on any atom is -0.395 e. The second kappa shape index (κ2) is 4.68. The molecule has 3 rings (SSSR count). The molecule has 1 aliphatic heterocycles. The Kier molecular flexibility index (Phi) is 3.14. The summed E-state index contributed by atoms with van der Waals surface area (Å²) in [5, 5.41) is 19.2. The Hall–Kier alpha value is -1.27. The number of fused-ring (bicyclic) bond motifs is 1. The van der Waals surface area contributed by atoms with Crippen molar-refractivity contribution in [2.75, 3.05) is 6.61 Å². The minimum atomic E-state index is -0.598. The highest BCUT2D eigenvalue weighted by molar-refractivity contribution is 7.13. The molecule has 0 amide bonds. The largest absolute Gasteiger partial charge is 0.395 e. The first kappa shape index (κ1) is 12.7. The van der Waals surface area contributed by atoms with Crippen LogP contribution in [0.2, 0.25) is 0 Å². The van der Waals surface area contributed by atoms with Crippen molar-refractivity contribution in [3.8, 4) is 0 Å². The average molecular weight is 282 g/mol. The first-order chi connectivity index (χ1) is 9.13. The molecular formula is C11H15N4O3P. The van der Waals surface area contributed by atoms with Gasteiger partial charge in [0.05, 0.1) is 25.1 Å². The third kappa shape index (κ3) is 1.90. The molecule has 1 saturated heterocycles. The highest BCUT2D eigenvalue weighted by atomic mass is 31.0. The van der Waals surface area contributed by atoms with Crippen molar-refractivity contribution >= 4 is 20.4 Å². The quantitative estimate of drug-likeness (QED) is 0.556. The number of aromatic nitrogens is 3. The number of aromatic amines is 2. The second-order valence-electron chi connectivity index (χ2n) is 4.72. The van der Waals surface area contributed by atoms with Gasteiger partial charge in [-0.3, -0.25) is 9.46 Å². The molecule has 102 valence electrons. The first-order valence-electron chi connectivity index (χ1n) is 6.00. The monoisotopic (exact) mass is 282 g/mol. The number of H-pyrrole nitrogens is 2. The molecule has 8 heteroatoms. The summed E-state index contributed by atoms with van der Waals surface area (Å²) in [5.74, 6) is 0. The molecule has 0 saturated carbocycles. The van der Waals surface area contributed by atoms with Gasteiger partial charge in [0.2, 0.25) is 0 Å². The number of aliphatic hydroxyl groups excluding tert-OH is 2. The van der Waals surface area contributed by atoms with Crippen LogP contribution in [0.25, 0.3) is 11.0 Å². The molecule has 19 heavy (non-hydrogen) atoms. The van der Waals surface area contributed by atoms with Crippen molar-refractivity contribution < 1.29 is 10.2 Å². The third-order valence-electron chi connectivity index (χ3n) is 3.70. The molecule has 3 heterocycles.